The summed E-state index contributed by atoms with van der Waals surface area (Å²) in [6.45, 7) is 0. The quantitative estimate of drug-likeness (QED) is 0.143. The molecule has 352 valence electrons. The van der Waals surface area contributed by atoms with Gasteiger partial charge in [0.25, 0.3) is 0 Å². The molecule has 12 aromatic carbocycles. The van der Waals surface area contributed by atoms with E-state index in [4.69, 9.17) is 4.74 Å². The molecule has 0 radical (unpaired) electrons. The lowest BCUT2D eigenvalue weighted by atomic mass is 9.66. The van der Waals surface area contributed by atoms with Gasteiger partial charge in [-0.2, -0.15) is 0 Å². The molecule has 12 aromatic rings. The van der Waals surface area contributed by atoms with Gasteiger partial charge in [-0.05, 0) is 132 Å². The monoisotopic (exact) mass is 955 g/mol. The third kappa shape index (κ3) is 7.33. The Morgan fingerprint density at radius 2 is 0.627 bits per heavy atom. The highest BCUT2D eigenvalue weighted by molar-refractivity contribution is 6.02. The topological polar surface area (TPSA) is 12.5 Å². The smallest absolute Gasteiger partial charge is 0.132 e. The van der Waals surface area contributed by atoms with Crippen molar-refractivity contribution in [1.29, 1.82) is 0 Å². The second-order valence-corrected chi connectivity index (χ2v) is 19.5. The van der Waals surface area contributed by atoms with Gasteiger partial charge in [-0.25, -0.2) is 0 Å². The summed E-state index contributed by atoms with van der Waals surface area (Å²) >= 11 is 0. The lowest BCUT2D eigenvalue weighted by Gasteiger charge is -2.39. The fourth-order valence-electron chi connectivity index (χ4n) is 12.1. The first kappa shape index (κ1) is 44.0. The minimum absolute atomic E-state index is 0.629. The van der Waals surface area contributed by atoms with Crippen LogP contribution in [0.25, 0.3) is 77.9 Å². The molecule has 0 aromatic heterocycles. The van der Waals surface area contributed by atoms with Crippen molar-refractivity contribution < 1.29 is 4.74 Å². The number of anilines is 3. The minimum Gasteiger partial charge on any atom is -0.457 e. The maximum Gasteiger partial charge on any atom is 0.132 e. The Hall–Kier alpha value is -9.76. The van der Waals surface area contributed by atoms with Crippen molar-refractivity contribution in [1.82, 2.24) is 0 Å². The highest BCUT2D eigenvalue weighted by atomic mass is 16.5. The van der Waals surface area contributed by atoms with Gasteiger partial charge in [0.2, 0.25) is 0 Å². The molecule has 1 aliphatic carbocycles. The summed E-state index contributed by atoms with van der Waals surface area (Å²) in [7, 11) is 0. The highest BCUT2D eigenvalue weighted by Crippen LogP contribution is 2.64. The van der Waals surface area contributed by atoms with E-state index in [1.54, 1.807) is 0 Å². The first-order valence-electron chi connectivity index (χ1n) is 25.8. The van der Waals surface area contributed by atoms with Crippen molar-refractivity contribution in [3.63, 3.8) is 0 Å². The van der Waals surface area contributed by atoms with Crippen molar-refractivity contribution in [3.05, 3.63) is 320 Å². The van der Waals surface area contributed by atoms with E-state index in [9.17, 15) is 0 Å². The largest absolute Gasteiger partial charge is 0.457 e. The van der Waals surface area contributed by atoms with Crippen LogP contribution in [0.15, 0.2) is 297 Å². The van der Waals surface area contributed by atoms with Gasteiger partial charge >= 0.3 is 0 Å². The molecule has 1 heterocycles. The molecule has 2 heteroatoms. The molecule has 0 amide bonds. The molecule has 0 atom stereocenters. The number of rotatable bonds is 9. The number of hydrogen-bond donors (Lipinski definition) is 0. The van der Waals surface area contributed by atoms with Crippen molar-refractivity contribution in [2.45, 2.75) is 5.41 Å². The SMILES string of the molecule is c1ccc(-c2cc(-c3ccccc3)cc(-c3ccc(N(c4ccccc4-c4ccccc4-c4ccccc4-c4ccccc4)c4cccc5c4-c4ccccc4C54c5ccccc5Oc5ccccc54)cc3)c2)cc1. The van der Waals surface area contributed by atoms with Crippen LogP contribution in [-0.4, -0.2) is 0 Å². The molecule has 0 bridgehead atoms. The van der Waals surface area contributed by atoms with Crippen LogP contribution in [0.2, 0.25) is 0 Å². The Balaban J connectivity index is 1.01. The molecular weight excluding hydrogens is 907 g/mol. The molecule has 75 heavy (non-hydrogen) atoms. The summed E-state index contributed by atoms with van der Waals surface area (Å²) in [5.74, 6) is 1.75. The Labute approximate surface area is 438 Å². The number of ether oxygens (including phenoxy) is 1. The summed E-state index contributed by atoms with van der Waals surface area (Å²) in [5.41, 5.74) is 23.8. The zero-order valence-electron chi connectivity index (χ0n) is 41.1. The van der Waals surface area contributed by atoms with E-state index < -0.39 is 5.41 Å². The van der Waals surface area contributed by atoms with Gasteiger partial charge in [0, 0.05) is 27.9 Å². The summed E-state index contributed by atoms with van der Waals surface area (Å²) in [6, 6.07) is 108. The van der Waals surface area contributed by atoms with Gasteiger partial charge in [0.05, 0.1) is 16.8 Å². The van der Waals surface area contributed by atoms with E-state index in [-0.39, 0.29) is 0 Å². The van der Waals surface area contributed by atoms with Crippen LogP contribution in [0.1, 0.15) is 22.3 Å². The summed E-state index contributed by atoms with van der Waals surface area (Å²) in [4.78, 5) is 2.51. The van der Waals surface area contributed by atoms with E-state index in [1.807, 2.05) is 0 Å². The van der Waals surface area contributed by atoms with Crippen LogP contribution in [0.5, 0.6) is 11.5 Å². The normalized spacial score (nSPS) is 12.5. The number of para-hydroxylation sites is 3. The predicted octanol–water partition coefficient (Wildman–Crippen LogP) is 19.6. The van der Waals surface area contributed by atoms with Crippen LogP contribution < -0.4 is 9.64 Å². The third-order valence-corrected chi connectivity index (χ3v) is 15.4. The number of nitrogens with zero attached hydrogens (tertiary/aromatic N) is 1. The van der Waals surface area contributed by atoms with E-state index in [1.165, 1.54) is 66.8 Å². The fourth-order valence-corrected chi connectivity index (χ4v) is 12.1. The molecule has 0 unspecified atom stereocenters. The zero-order valence-corrected chi connectivity index (χ0v) is 41.1. The second-order valence-electron chi connectivity index (χ2n) is 19.5. The molecule has 1 spiro atoms. The molecule has 0 saturated carbocycles. The standard InChI is InChI=1S/C73H49NO/c1-4-23-50(24-5-1)54-47-55(51-25-6-2-7-26-51)49-56(48-54)52-43-45-57(46-44-52)74(68-39-19-15-33-62(68)61-32-13-12-31-60(61)59-30-11-10-29-58(59)53-27-8-3-9-28-53)69-40-22-38-67-72(69)63-34-14-16-35-64(63)73(67)65-36-17-20-41-70(65)75-71-42-21-18-37-66(71)73/h1-49H. The van der Waals surface area contributed by atoms with Gasteiger partial charge in [0.15, 0.2) is 0 Å². The molecule has 2 aliphatic rings. The van der Waals surface area contributed by atoms with Crippen LogP contribution >= 0.6 is 0 Å². The van der Waals surface area contributed by atoms with Crippen LogP contribution in [0.4, 0.5) is 17.1 Å². The van der Waals surface area contributed by atoms with Crippen molar-refractivity contribution in [2.24, 2.45) is 0 Å². The maximum atomic E-state index is 6.76. The van der Waals surface area contributed by atoms with Crippen LogP contribution in [-0.2, 0) is 5.41 Å². The van der Waals surface area contributed by atoms with E-state index in [2.05, 4.69) is 302 Å². The minimum atomic E-state index is -0.629. The number of hydrogen-bond acceptors (Lipinski definition) is 2. The Morgan fingerprint density at radius 1 is 0.240 bits per heavy atom. The van der Waals surface area contributed by atoms with Crippen LogP contribution in [0, 0.1) is 0 Å². The molecule has 0 saturated heterocycles. The van der Waals surface area contributed by atoms with Gasteiger partial charge in [-0.3, -0.25) is 0 Å². The Bertz CT molecular complexity index is 3980. The van der Waals surface area contributed by atoms with Crippen LogP contribution in [0.3, 0.4) is 0 Å². The molecule has 2 nitrogen and oxygen atoms in total. The van der Waals surface area contributed by atoms with Crippen molar-refractivity contribution in [3.8, 4) is 89.4 Å². The highest BCUT2D eigenvalue weighted by Gasteiger charge is 2.52. The van der Waals surface area contributed by atoms with E-state index in [0.717, 1.165) is 61.9 Å². The number of benzene rings is 12. The average molecular weight is 956 g/mol. The Kier molecular flexibility index (Phi) is 10.8. The van der Waals surface area contributed by atoms with E-state index in [0.29, 0.717) is 0 Å². The first-order valence-corrected chi connectivity index (χ1v) is 25.8. The number of fused-ring (bicyclic) bond motifs is 9. The average Bonchev–Trinajstić information content (AvgIpc) is 3.93. The Morgan fingerprint density at radius 3 is 1.20 bits per heavy atom. The van der Waals surface area contributed by atoms with Crippen molar-refractivity contribution in [2.75, 3.05) is 4.90 Å². The second kappa shape index (κ2) is 18.4. The predicted molar refractivity (Wildman–Crippen MR) is 311 cm³/mol. The lowest BCUT2D eigenvalue weighted by molar-refractivity contribution is 0.436. The first-order chi connectivity index (χ1) is 37.2. The maximum absolute atomic E-state index is 6.76. The lowest BCUT2D eigenvalue weighted by Crippen LogP contribution is -2.32. The van der Waals surface area contributed by atoms with Crippen molar-refractivity contribution >= 4 is 17.1 Å². The summed E-state index contributed by atoms with van der Waals surface area (Å²) < 4.78 is 6.76. The van der Waals surface area contributed by atoms with Gasteiger partial charge in [-0.1, -0.05) is 243 Å². The fraction of sp³-hybridized carbons (Fsp3) is 0.0137. The third-order valence-electron chi connectivity index (χ3n) is 15.4. The van der Waals surface area contributed by atoms with Gasteiger partial charge in [0.1, 0.15) is 11.5 Å². The van der Waals surface area contributed by atoms with Gasteiger partial charge < -0.3 is 9.64 Å². The molecule has 1 aliphatic heterocycles. The summed E-state index contributed by atoms with van der Waals surface area (Å²) in [5, 5.41) is 0. The molecular formula is C73H49NO. The molecule has 0 N–H and O–H groups in total. The molecule has 14 rings (SSSR count). The van der Waals surface area contributed by atoms with E-state index >= 15 is 0 Å². The van der Waals surface area contributed by atoms with Gasteiger partial charge in [-0.15, -0.1) is 0 Å². The molecule has 0 fully saturated rings. The summed E-state index contributed by atoms with van der Waals surface area (Å²) in [6.07, 6.45) is 0. The zero-order chi connectivity index (χ0) is 49.7.